The molecule has 0 aromatic heterocycles. The second-order valence-corrected chi connectivity index (χ2v) is 10.8. The van der Waals surface area contributed by atoms with Gasteiger partial charge in [0, 0.05) is 18.2 Å². The first kappa shape index (κ1) is 29.5. The lowest BCUT2D eigenvalue weighted by Crippen LogP contribution is -2.59. The summed E-state index contributed by atoms with van der Waals surface area (Å²) in [6.45, 7) is 11.7. The molecule has 1 aliphatic rings. The summed E-state index contributed by atoms with van der Waals surface area (Å²) in [4.78, 5) is 42.0. The molecule has 3 unspecified atom stereocenters. The van der Waals surface area contributed by atoms with Crippen molar-refractivity contribution >= 4 is 17.9 Å². The maximum Gasteiger partial charge on any atom is 0.408 e. The topological polar surface area (TPSA) is 108 Å². The van der Waals surface area contributed by atoms with Gasteiger partial charge in [-0.1, -0.05) is 58.2 Å². The van der Waals surface area contributed by atoms with Crippen LogP contribution >= 0.6 is 0 Å². The number of rotatable bonds is 12. The molecule has 3 N–H and O–H groups in total. The van der Waals surface area contributed by atoms with Crippen LogP contribution in [0.5, 0.6) is 5.75 Å². The van der Waals surface area contributed by atoms with E-state index in [4.69, 9.17) is 4.74 Å². The summed E-state index contributed by atoms with van der Waals surface area (Å²) in [5.74, 6) is -0.890. The lowest BCUT2D eigenvalue weighted by atomic mass is 9.86. The molecule has 0 radical (unpaired) electrons. The second kappa shape index (κ2) is 13.5. The van der Waals surface area contributed by atoms with Gasteiger partial charge in [-0.05, 0) is 58.4 Å². The number of unbranched alkanes of at least 4 members (excludes halogenated alkanes) is 2. The van der Waals surface area contributed by atoms with Crippen molar-refractivity contribution in [3.05, 3.63) is 29.8 Å². The number of hydrogen-bond acceptors (Lipinski definition) is 5. The quantitative estimate of drug-likeness (QED) is 0.346. The minimum Gasteiger partial charge on any atom is -0.508 e. The van der Waals surface area contributed by atoms with Crippen molar-refractivity contribution in [3.8, 4) is 5.75 Å². The molecule has 0 bridgehead atoms. The van der Waals surface area contributed by atoms with Crippen LogP contribution in [0.2, 0.25) is 0 Å². The number of nitrogens with zero attached hydrogens (tertiary/aromatic N) is 1. The van der Waals surface area contributed by atoms with Crippen molar-refractivity contribution in [2.75, 3.05) is 6.54 Å². The van der Waals surface area contributed by atoms with E-state index in [9.17, 15) is 19.5 Å². The number of carbonyl (C=O) groups is 3. The van der Waals surface area contributed by atoms with Crippen LogP contribution in [0.25, 0.3) is 0 Å². The Kier molecular flexibility index (Phi) is 11.1. The van der Waals surface area contributed by atoms with Crippen molar-refractivity contribution in [1.82, 2.24) is 15.5 Å². The van der Waals surface area contributed by atoms with Crippen LogP contribution < -0.4 is 10.6 Å². The third kappa shape index (κ3) is 8.14. The lowest BCUT2D eigenvalue weighted by molar-refractivity contribution is -0.148. The second-order valence-electron chi connectivity index (χ2n) is 10.8. The van der Waals surface area contributed by atoms with E-state index >= 15 is 0 Å². The molecule has 0 spiro atoms. The van der Waals surface area contributed by atoms with Gasteiger partial charge >= 0.3 is 6.09 Å². The number of nitrogens with one attached hydrogen (secondary N) is 2. The summed E-state index contributed by atoms with van der Waals surface area (Å²) in [6, 6.07) is 4.63. The average molecular weight is 504 g/mol. The zero-order valence-corrected chi connectivity index (χ0v) is 22.8. The SMILES string of the molecule is CCCCCNC(=O)C(c1ccccc1O)N(C(=O)C(NC(=O)OC(C)(C)C)C(C)CC)C1CCC1. The van der Waals surface area contributed by atoms with E-state index in [1.165, 1.54) is 6.07 Å². The molecule has 0 aliphatic heterocycles. The van der Waals surface area contributed by atoms with Gasteiger partial charge in [-0.3, -0.25) is 9.59 Å². The molecule has 0 saturated heterocycles. The Morgan fingerprint density at radius 1 is 1.14 bits per heavy atom. The van der Waals surface area contributed by atoms with Crippen molar-refractivity contribution in [3.63, 3.8) is 0 Å². The Morgan fingerprint density at radius 2 is 1.81 bits per heavy atom. The Hall–Kier alpha value is -2.77. The Bertz CT molecular complexity index is 878. The summed E-state index contributed by atoms with van der Waals surface area (Å²) < 4.78 is 5.44. The van der Waals surface area contributed by atoms with E-state index in [0.29, 0.717) is 18.5 Å². The van der Waals surface area contributed by atoms with E-state index in [1.807, 2.05) is 13.8 Å². The maximum atomic E-state index is 14.2. The van der Waals surface area contributed by atoms with Crippen molar-refractivity contribution in [2.24, 2.45) is 5.92 Å². The third-order valence-corrected chi connectivity index (χ3v) is 6.71. The molecule has 0 heterocycles. The van der Waals surface area contributed by atoms with Crippen LogP contribution in [0.3, 0.4) is 0 Å². The van der Waals surface area contributed by atoms with Crippen LogP contribution in [0.1, 0.15) is 98.1 Å². The van der Waals surface area contributed by atoms with Crippen LogP contribution in [0.15, 0.2) is 24.3 Å². The van der Waals surface area contributed by atoms with Crippen LogP contribution in [-0.2, 0) is 14.3 Å². The molecular weight excluding hydrogens is 458 g/mol. The largest absolute Gasteiger partial charge is 0.508 e. The fraction of sp³-hybridized carbons (Fsp3) is 0.679. The van der Waals surface area contributed by atoms with Crippen LogP contribution in [-0.4, -0.2) is 52.1 Å². The first-order valence-corrected chi connectivity index (χ1v) is 13.4. The number of amides is 3. The summed E-state index contributed by atoms with van der Waals surface area (Å²) in [5.41, 5.74) is -0.330. The zero-order chi connectivity index (χ0) is 26.9. The standard InChI is InChI=1S/C28H45N3O5/c1-7-9-12-18-29-25(33)24(21-16-10-11-17-22(21)32)31(20-14-13-15-20)26(34)23(19(3)8-2)30-27(35)36-28(4,5)6/h10-11,16-17,19-20,23-24,32H,7-9,12-15,18H2,1-6H3,(H,29,33)(H,30,35). The summed E-state index contributed by atoms with van der Waals surface area (Å²) in [7, 11) is 0. The number of para-hydroxylation sites is 1. The Labute approximate surface area is 216 Å². The molecule has 1 saturated carbocycles. The normalized spacial score (nSPS) is 16.3. The van der Waals surface area contributed by atoms with E-state index in [2.05, 4.69) is 17.6 Å². The number of phenols is 1. The van der Waals surface area contributed by atoms with Crippen LogP contribution in [0, 0.1) is 5.92 Å². The summed E-state index contributed by atoms with van der Waals surface area (Å²) in [5, 5.41) is 16.5. The van der Waals surface area contributed by atoms with E-state index in [1.54, 1.807) is 43.9 Å². The average Bonchev–Trinajstić information content (AvgIpc) is 2.77. The number of carbonyl (C=O) groups excluding carboxylic acids is 3. The maximum absolute atomic E-state index is 14.2. The highest BCUT2D eigenvalue weighted by Gasteiger charge is 2.43. The molecule has 1 aromatic carbocycles. The van der Waals surface area contributed by atoms with Gasteiger partial charge in [-0.2, -0.15) is 0 Å². The number of aromatic hydroxyl groups is 1. The predicted molar refractivity (Wildman–Crippen MR) is 140 cm³/mol. The number of ether oxygens (including phenoxy) is 1. The van der Waals surface area contributed by atoms with Crippen LogP contribution in [0.4, 0.5) is 4.79 Å². The van der Waals surface area contributed by atoms with E-state index < -0.39 is 23.8 Å². The number of benzene rings is 1. The van der Waals surface area contributed by atoms with Gasteiger partial charge in [0.25, 0.3) is 0 Å². The zero-order valence-electron chi connectivity index (χ0n) is 22.8. The first-order chi connectivity index (χ1) is 17.0. The molecule has 1 fully saturated rings. The number of hydrogen-bond donors (Lipinski definition) is 3. The van der Waals surface area contributed by atoms with Gasteiger partial charge in [0.05, 0.1) is 0 Å². The number of alkyl carbamates (subject to hydrolysis) is 1. The fourth-order valence-electron chi connectivity index (χ4n) is 4.28. The monoisotopic (exact) mass is 503 g/mol. The van der Waals surface area contributed by atoms with Gasteiger partial charge in [0.15, 0.2) is 0 Å². The van der Waals surface area contributed by atoms with Crippen molar-refractivity contribution in [2.45, 2.75) is 110 Å². The molecule has 36 heavy (non-hydrogen) atoms. The summed E-state index contributed by atoms with van der Waals surface area (Å²) >= 11 is 0. The molecule has 2 rings (SSSR count). The highest BCUT2D eigenvalue weighted by Crippen LogP contribution is 2.37. The van der Waals surface area contributed by atoms with Gasteiger partial charge in [-0.25, -0.2) is 4.79 Å². The molecule has 1 aromatic rings. The van der Waals surface area contributed by atoms with E-state index in [-0.39, 0.29) is 29.5 Å². The Balaban J connectivity index is 2.46. The predicted octanol–water partition coefficient (Wildman–Crippen LogP) is 5.06. The highest BCUT2D eigenvalue weighted by atomic mass is 16.6. The fourth-order valence-corrected chi connectivity index (χ4v) is 4.28. The summed E-state index contributed by atoms with van der Waals surface area (Å²) in [6.07, 6.45) is 5.31. The van der Waals surface area contributed by atoms with Gasteiger partial charge in [0.2, 0.25) is 11.8 Å². The smallest absolute Gasteiger partial charge is 0.408 e. The molecule has 1 aliphatic carbocycles. The van der Waals surface area contributed by atoms with Gasteiger partial charge < -0.3 is 25.4 Å². The highest BCUT2D eigenvalue weighted by molar-refractivity contribution is 5.93. The number of phenolic OH excluding ortho intramolecular Hbond substituents is 1. The molecular formula is C28H45N3O5. The van der Waals surface area contributed by atoms with Gasteiger partial charge in [0.1, 0.15) is 23.4 Å². The minimum absolute atomic E-state index is 0.0384. The molecule has 3 amide bonds. The molecule has 202 valence electrons. The van der Waals surface area contributed by atoms with Crippen molar-refractivity contribution < 1.29 is 24.2 Å². The van der Waals surface area contributed by atoms with Gasteiger partial charge in [-0.15, -0.1) is 0 Å². The van der Waals surface area contributed by atoms with E-state index in [0.717, 1.165) is 38.5 Å². The first-order valence-electron chi connectivity index (χ1n) is 13.4. The van der Waals surface area contributed by atoms with Crippen molar-refractivity contribution in [1.29, 1.82) is 0 Å². The third-order valence-electron chi connectivity index (χ3n) is 6.71. The molecule has 3 atom stereocenters. The minimum atomic E-state index is -1.00. The Morgan fingerprint density at radius 3 is 2.33 bits per heavy atom. The molecule has 8 heteroatoms. The molecule has 8 nitrogen and oxygen atoms in total. The lowest BCUT2D eigenvalue weighted by Gasteiger charge is -2.44.